The van der Waals surface area contributed by atoms with E-state index in [1.165, 1.54) is 0 Å². The van der Waals surface area contributed by atoms with E-state index in [0.29, 0.717) is 5.75 Å². The normalized spacial score (nSPS) is 15.4. The van der Waals surface area contributed by atoms with Crippen molar-refractivity contribution in [1.29, 1.82) is 0 Å². The Labute approximate surface area is 119 Å². The van der Waals surface area contributed by atoms with Gasteiger partial charge in [-0.1, -0.05) is 42.5 Å². The van der Waals surface area contributed by atoms with E-state index in [1.54, 1.807) is 19.9 Å². The minimum Gasteiger partial charge on any atom is -0.490 e. The van der Waals surface area contributed by atoms with E-state index in [4.69, 9.17) is 4.74 Å². The van der Waals surface area contributed by atoms with Crippen molar-refractivity contribution >= 4 is 0 Å². The molecule has 20 heavy (non-hydrogen) atoms. The lowest BCUT2D eigenvalue weighted by Gasteiger charge is -2.24. The summed E-state index contributed by atoms with van der Waals surface area (Å²) < 4.78 is 5.65. The number of aliphatic hydroxyl groups is 2. The quantitative estimate of drug-likeness (QED) is 0.879. The zero-order chi connectivity index (χ0) is 14.6. The lowest BCUT2D eigenvalue weighted by molar-refractivity contribution is 0.00753. The van der Waals surface area contributed by atoms with Gasteiger partial charge < -0.3 is 14.9 Å². The largest absolute Gasteiger partial charge is 0.490 e. The van der Waals surface area contributed by atoms with Crippen LogP contribution in [0.4, 0.5) is 0 Å². The molecule has 0 saturated heterocycles. The fourth-order valence-electron chi connectivity index (χ4n) is 1.97. The van der Waals surface area contributed by atoms with Gasteiger partial charge in [0.15, 0.2) is 0 Å². The van der Waals surface area contributed by atoms with Crippen LogP contribution in [0.1, 0.15) is 31.1 Å². The molecule has 1 unspecified atom stereocenters. The molecular formula is C17H20O3. The second-order valence-electron chi connectivity index (χ2n) is 5.18. The molecule has 106 valence electrons. The maximum Gasteiger partial charge on any atom is 0.121 e. The molecule has 0 fully saturated rings. The molecule has 0 saturated carbocycles. The van der Waals surface area contributed by atoms with Crippen molar-refractivity contribution in [1.82, 2.24) is 0 Å². The lowest BCUT2D eigenvalue weighted by Crippen LogP contribution is -2.29. The Hall–Kier alpha value is -1.84. The van der Waals surface area contributed by atoms with E-state index >= 15 is 0 Å². The standard InChI is InChI=1S/C17H20O3/c1-13(18)14-7-6-10-16(11-14)20-12-17(2,19)15-8-4-3-5-9-15/h3-11,13,18-19H,12H2,1-2H3/t13-,17?/m0/s1. The van der Waals surface area contributed by atoms with Crippen LogP contribution in [0, 0.1) is 0 Å². The smallest absolute Gasteiger partial charge is 0.121 e. The Bertz CT molecular complexity index is 547. The van der Waals surface area contributed by atoms with Crippen molar-refractivity contribution in [3.8, 4) is 5.75 Å². The highest BCUT2D eigenvalue weighted by molar-refractivity contribution is 5.30. The molecule has 2 rings (SSSR count). The predicted octanol–water partition coefficient (Wildman–Crippen LogP) is 3.03. The summed E-state index contributed by atoms with van der Waals surface area (Å²) in [6.07, 6.45) is -0.534. The van der Waals surface area contributed by atoms with Crippen molar-refractivity contribution in [3.63, 3.8) is 0 Å². The van der Waals surface area contributed by atoms with Crippen molar-refractivity contribution in [2.45, 2.75) is 25.6 Å². The van der Waals surface area contributed by atoms with Crippen molar-refractivity contribution in [3.05, 3.63) is 65.7 Å². The molecule has 3 nitrogen and oxygen atoms in total. The van der Waals surface area contributed by atoms with Gasteiger partial charge in [-0.05, 0) is 37.1 Å². The minimum absolute atomic E-state index is 0.153. The van der Waals surface area contributed by atoms with Gasteiger partial charge in [-0.25, -0.2) is 0 Å². The Balaban J connectivity index is 2.06. The van der Waals surface area contributed by atoms with Crippen LogP contribution in [0.3, 0.4) is 0 Å². The van der Waals surface area contributed by atoms with Crippen LogP contribution in [-0.4, -0.2) is 16.8 Å². The Kier molecular flexibility index (Phi) is 4.42. The molecular weight excluding hydrogens is 252 g/mol. The van der Waals surface area contributed by atoms with Crippen LogP contribution < -0.4 is 4.74 Å². The fourth-order valence-corrected chi connectivity index (χ4v) is 1.97. The molecule has 2 atom stereocenters. The molecule has 0 aliphatic rings. The van der Waals surface area contributed by atoms with Gasteiger partial charge in [0, 0.05) is 0 Å². The summed E-state index contributed by atoms with van der Waals surface area (Å²) in [4.78, 5) is 0. The summed E-state index contributed by atoms with van der Waals surface area (Å²) in [5.74, 6) is 0.639. The maximum atomic E-state index is 10.5. The number of hydrogen-bond donors (Lipinski definition) is 2. The minimum atomic E-state index is -1.05. The van der Waals surface area contributed by atoms with Crippen LogP contribution in [0.2, 0.25) is 0 Å². The number of hydrogen-bond acceptors (Lipinski definition) is 3. The molecule has 0 heterocycles. The second kappa shape index (κ2) is 6.07. The van der Waals surface area contributed by atoms with E-state index in [9.17, 15) is 10.2 Å². The first-order valence-electron chi connectivity index (χ1n) is 6.68. The average Bonchev–Trinajstić information content (AvgIpc) is 2.46. The molecule has 0 spiro atoms. The summed E-state index contributed by atoms with van der Waals surface area (Å²) in [6.45, 7) is 3.58. The van der Waals surface area contributed by atoms with Gasteiger partial charge in [0.25, 0.3) is 0 Å². The highest BCUT2D eigenvalue weighted by atomic mass is 16.5. The third kappa shape index (κ3) is 3.59. The van der Waals surface area contributed by atoms with Gasteiger partial charge in [0.1, 0.15) is 18.0 Å². The van der Waals surface area contributed by atoms with Gasteiger partial charge in [-0.15, -0.1) is 0 Å². The molecule has 2 aromatic carbocycles. The first-order chi connectivity index (χ1) is 9.49. The number of rotatable bonds is 5. The first-order valence-corrected chi connectivity index (χ1v) is 6.68. The highest BCUT2D eigenvalue weighted by Gasteiger charge is 2.23. The maximum absolute atomic E-state index is 10.5. The van der Waals surface area contributed by atoms with Gasteiger partial charge in [0.05, 0.1) is 6.10 Å². The van der Waals surface area contributed by atoms with Gasteiger partial charge in [-0.2, -0.15) is 0 Å². The summed E-state index contributed by atoms with van der Waals surface area (Å²) in [5, 5.41) is 20.0. The number of benzene rings is 2. The molecule has 3 heteroatoms. The Morgan fingerprint density at radius 3 is 2.45 bits per heavy atom. The summed E-state index contributed by atoms with van der Waals surface area (Å²) in [6, 6.07) is 16.7. The number of aliphatic hydroxyl groups excluding tert-OH is 1. The van der Waals surface area contributed by atoms with Crippen molar-refractivity contribution < 1.29 is 14.9 Å². The molecule has 0 amide bonds. The van der Waals surface area contributed by atoms with E-state index in [0.717, 1.165) is 11.1 Å². The Morgan fingerprint density at radius 1 is 1.10 bits per heavy atom. The van der Waals surface area contributed by atoms with Crippen LogP contribution in [0.25, 0.3) is 0 Å². The molecule has 0 radical (unpaired) electrons. The zero-order valence-electron chi connectivity index (χ0n) is 11.8. The van der Waals surface area contributed by atoms with Crippen molar-refractivity contribution in [2.75, 3.05) is 6.61 Å². The average molecular weight is 272 g/mol. The van der Waals surface area contributed by atoms with Gasteiger partial charge in [-0.3, -0.25) is 0 Å². The molecule has 0 aliphatic heterocycles. The topological polar surface area (TPSA) is 49.7 Å². The SMILES string of the molecule is C[C@H](O)c1cccc(OCC(C)(O)c2ccccc2)c1. The predicted molar refractivity (Wildman–Crippen MR) is 78.6 cm³/mol. The number of ether oxygens (including phenoxy) is 1. The van der Waals surface area contributed by atoms with E-state index in [2.05, 4.69) is 0 Å². The molecule has 0 aliphatic carbocycles. The van der Waals surface area contributed by atoms with Crippen molar-refractivity contribution in [2.24, 2.45) is 0 Å². The molecule has 0 aromatic heterocycles. The van der Waals surface area contributed by atoms with Gasteiger partial charge >= 0.3 is 0 Å². The summed E-state index contributed by atoms with van der Waals surface area (Å²) >= 11 is 0. The van der Waals surface area contributed by atoms with Gasteiger partial charge in [0.2, 0.25) is 0 Å². The summed E-state index contributed by atoms with van der Waals surface area (Å²) in [5.41, 5.74) is 0.552. The van der Waals surface area contributed by atoms with Crippen LogP contribution in [-0.2, 0) is 5.60 Å². The van der Waals surface area contributed by atoms with E-state index < -0.39 is 11.7 Å². The Morgan fingerprint density at radius 2 is 1.80 bits per heavy atom. The van der Waals surface area contributed by atoms with Crippen LogP contribution >= 0.6 is 0 Å². The monoisotopic (exact) mass is 272 g/mol. The van der Waals surface area contributed by atoms with Crippen LogP contribution in [0.5, 0.6) is 5.75 Å². The highest BCUT2D eigenvalue weighted by Crippen LogP contribution is 2.24. The third-order valence-corrected chi connectivity index (χ3v) is 3.26. The fraction of sp³-hybridized carbons (Fsp3) is 0.294. The molecule has 2 aromatic rings. The molecule has 2 N–H and O–H groups in total. The van der Waals surface area contributed by atoms with E-state index in [1.807, 2.05) is 48.5 Å². The summed E-state index contributed by atoms with van der Waals surface area (Å²) in [7, 11) is 0. The molecule has 0 bridgehead atoms. The lowest BCUT2D eigenvalue weighted by atomic mass is 9.97. The second-order valence-corrected chi connectivity index (χ2v) is 5.18. The third-order valence-electron chi connectivity index (χ3n) is 3.26. The van der Waals surface area contributed by atoms with Crippen LogP contribution in [0.15, 0.2) is 54.6 Å². The van der Waals surface area contributed by atoms with E-state index in [-0.39, 0.29) is 6.61 Å². The first kappa shape index (κ1) is 14.6. The zero-order valence-corrected chi connectivity index (χ0v) is 11.8.